The number of carbonyl (C=O) groups is 1. The van der Waals surface area contributed by atoms with Gasteiger partial charge in [0.05, 0.1) is 30.0 Å². The van der Waals surface area contributed by atoms with Gasteiger partial charge in [0.25, 0.3) is 11.5 Å². The van der Waals surface area contributed by atoms with E-state index in [0.29, 0.717) is 45.0 Å². The molecule has 4 aromatic rings. The fraction of sp³-hybridized carbons (Fsp3) is 0.167. The molecule has 0 aliphatic carbocycles. The molecule has 0 spiro atoms. The first-order chi connectivity index (χ1) is 16.3. The number of H-pyrrole nitrogens is 1. The summed E-state index contributed by atoms with van der Waals surface area (Å²) in [7, 11) is 4.52. The molecule has 172 valence electrons. The van der Waals surface area contributed by atoms with Crippen molar-refractivity contribution in [2.45, 2.75) is 0 Å². The molecule has 1 amide bonds. The van der Waals surface area contributed by atoms with E-state index in [0.717, 1.165) is 4.57 Å². The third-order valence-corrected chi connectivity index (χ3v) is 5.38. The molecule has 0 fully saturated rings. The van der Waals surface area contributed by atoms with Gasteiger partial charge in [0.15, 0.2) is 6.61 Å². The predicted octanol–water partition coefficient (Wildman–Crippen LogP) is 2.13. The largest absolute Gasteiger partial charge is 0.496 e. The van der Waals surface area contributed by atoms with Gasteiger partial charge in [-0.15, -0.1) is 0 Å². The molecule has 2 heterocycles. The molecule has 2 N–H and O–H groups in total. The zero-order valence-electron chi connectivity index (χ0n) is 18.7. The summed E-state index contributed by atoms with van der Waals surface area (Å²) < 4.78 is 13.5. The molecule has 2 aromatic heterocycles. The summed E-state index contributed by atoms with van der Waals surface area (Å²) in [6.07, 6.45) is 0. The van der Waals surface area contributed by atoms with Crippen LogP contribution in [0.2, 0.25) is 0 Å². The van der Waals surface area contributed by atoms with Crippen LogP contribution in [-0.2, 0) is 18.9 Å². The van der Waals surface area contributed by atoms with Crippen molar-refractivity contribution < 1.29 is 14.3 Å². The summed E-state index contributed by atoms with van der Waals surface area (Å²) in [6, 6.07) is 15.3. The van der Waals surface area contributed by atoms with Crippen LogP contribution in [0.5, 0.6) is 11.5 Å². The molecule has 0 saturated carbocycles. The minimum absolute atomic E-state index is 0.229. The van der Waals surface area contributed by atoms with E-state index in [1.807, 2.05) is 6.07 Å². The van der Waals surface area contributed by atoms with Crippen LogP contribution in [0.3, 0.4) is 0 Å². The van der Waals surface area contributed by atoms with E-state index < -0.39 is 11.2 Å². The standard InChI is InChI=1S/C24H21N5O5/c1-28-19-11-18(27-22(19)23(31)29(2)24(28)32)17-9-8-16(10-20(17)33-3)34-13-21(30)26-15-6-4-14(12-25)5-7-15/h4-11,27H,13H2,1-3H3,(H,26,30). The molecule has 0 unspecified atom stereocenters. The van der Waals surface area contributed by atoms with Crippen molar-refractivity contribution in [1.29, 1.82) is 5.26 Å². The maximum Gasteiger partial charge on any atom is 0.331 e. The molecule has 0 radical (unpaired) electrons. The van der Waals surface area contributed by atoms with E-state index in [4.69, 9.17) is 14.7 Å². The average molecular weight is 459 g/mol. The van der Waals surface area contributed by atoms with E-state index in [9.17, 15) is 14.4 Å². The number of hydrogen-bond acceptors (Lipinski definition) is 6. The van der Waals surface area contributed by atoms with Gasteiger partial charge in [-0.25, -0.2) is 4.79 Å². The summed E-state index contributed by atoms with van der Waals surface area (Å²) in [4.78, 5) is 40.0. The number of aromatic nitrogens is 3. The smallest absolute Gasteiger partial charge is 0.331 e. The van der Waals surface area contributed by atoms with E-state index in [-0.39, 0.29) is 12.5 Å². The highest BCUT2D eigenvalue weighted by Crippen LogP contribution is 2.33. The molecule has 4 rings (SSSR count). The van der Waals surface area contributed by atoms with Crippen LogP contribution in [0.25, 0.3) is 22.3 Å². The minimum Gasteiger partial charge on any atom is -0.496 e. The number of fused-ring (bicyclic) bond motifs is 1. The van der Waals surface area contributed by atoms with Gasteiger partial charge in [-0.1, -0.05) is 0 Å². The van der Waals surface area contributed by atoms with Gasteiger partial charge in [-0.3, -0.25) is 18.7 Å². The van der Waals surface area contributed by atoms with Crippen molar-refractivity contribution in [3.8, 4) is 28.8 Å². The van der Waals surface area contributed by atoms with Crippen molar-refractivity contribution in [2.75, 3.05) is 19.0 Å². The van der Waals surface area contributed by atoms with Crippen LogP contribution in [0.15, 0.2) is 58.1 Å². The van der Waals surface area contributed by atoms with Gasteiger partial charge >= 0.3 is 5.69 Å². The number of carbonyl (C=O) groups excluding carboxylic acids is 1. The number of anilines is 1. The number of aromatic amines is 1. The predicted molar refractivity (Wildman–Crippen MR) is 126 cm³/mol. The van der Waals surface area contributed by atoms with Gasteiger partial charge in [0.1, 0.15) is 17.0 Å². The van der Waals surface area contributed by atoms with Gasteiger partial charge < -0.3 is 19.8 Å². The molecular weight excluding hydrogens is 438 g/mol. The molecule has 0 aliphatic heterocycles. The zero-order valence-corrected chi connectivity index (χ0v) is 18.7. The summed E-state index contributed by atoms with van der Waals surface area (Å²) in [5.41, 5.74) is 2.25. The topological polar surface area (TPSA) is 131 Å². The van der Waals surface area contributed by atoms with Crippen molar-refractivity contribution in [2.24, 2.45) is 14.1 Å². The number of benzene rings is 2. The first-order valence-electron chi connectivity index (χ1n) is 10.2. The molecule has 34 heavy (non-hydrogen) atoms. The lowest BCUT2D eigenvalue weighted by molar-refractivity contribution is -0.118. The molecule has 0 bridgehead atoms. The van der Waals surface area contributed by atoms with Gasteiger partial charge in [0.2, 0.25) is 0 Å². The Bertz CT molecular complexity index is 1550. The summed E-state index contributed by atoms with van der Waals surface area (Å²) in [5, 5.41) is 11.5. The first kappa shape index (κ1) is 22.4. The normalized spacial score (nSPS) is 10.6. The Morgan fingerprint density at radius 1 is 1.09 bits per heavy atom. The molecule has 10 nitrogen and oxygen atoms in total. The summed E-state index contributed by atoms with van der Waals surface area (Å²) in [6.45, 7) is -0.229. The van der Waals surface area contributed by atoms with E-state index in [1.54, 1.807) is 55.6 Å². The monoisotopic (exact) mass is 459 g/mol. The van der Waals surface area contributed by atoms with Crippen LogP contribution in [0.1, 0.15) is 5.56 Å². The van der Waals surface area contributed by atoms with Crippen molar-refractivity contribution in [3.05, 3.63) is 74.9 Å². The van der Waals surface area contributed by atoms with Gasteiger partial charge in [0, 0.05) is 31.4 Å². The number of nitrogens with one attached hydrogen (secondary N) is 2. The Balaban J connectivity index is 1.54. The number of methoxy groups -OCH3 is 1. The van der Waals surface area contributed by atoms with Crippen LogP contribution in [0.4, 0.5) is 5.69 Å². The lowest BCUT2D eigenvalue weighted by Crippen LogP contribution is -2.36. The zero-order chi connectivity index (χ0) is 24.4. The molecule has 2 aromatic carbocycles. The summed E-state index contributed by atoms with van der Waals surface area (Å²) >= 11 is 0. The van der Waals surface area contributed by atoms with Crippen LogP contribution < -0.4 is 26.0 Å². The average Bonchev–Trinajstić information content (AvgIpc) is 3.30. The fourth-order valence-corrected chi connectivity index (χ4v) is 3.56. The third-order valence-electron chi connectivity index (χ3n) is 5.38. The van der Waals surface area contributed by atoms with Crippen molar-refractivity contribution in [1.82, 2.24) is 14.1 Å². The molecule has 0 saturated heterocycles. The number of rotatable bonds is 6. The SMILES string of the molecule is COc1cc(OCC(=O)Nc2ccc(C#N)cc2)ccc1-c1cc2c([nH]1)c(=O)n(C)c(=O)n2C. The number of amides is 1. The lowest BCUT2D eigenvalue weighted by atomic mass is 10.1. The lowest BCUT2D eigenvalue weighted by Gasteiger charge is -2.11. The maximum atomic E-state index is 12.5. The minimum atomic E-state index is -0.420. The van der Waals surface area contributed by atoms with Gasteiger partial charge in [-0.05, 0) is 42.5 Å². The van der Waals surface area contributed by atoms with E-state index in [2.05, 4.69) is 10.3 Å². The number of ether oxygens (including phenoxy) is 2. The first-order valence-corrected chi connectivity index (χ1v) is 10.2. The Morgan fingerprint density at radius 3 is 2.50 bits per heavy atom. The van der Waals surface area contributed by atoms with Gasteiger partial charge in [-0.2, -0.15) is 5.26 Å². The highest BCUT2D eigenvalue weighted by Gasteiger charge is 2.16. The van der Waals surface area contributed by atoms with E-state index >= 15 is 0 Å². The van der Waals surface area contributed by atoms with Crippen LogP contribution >= 0.6 is 0 Å². The highest BCUT2D eigenvalue weighted by molar-refractivity contribution is 5.92. The quantitative estimate of drug-likeness (QED) is 0.454. The second kappa shape index (κ2) is 8.99. The second-order valence-electron chi connectivity index (χ2n) is 7.54. The van der Waals surface area contributed by atoms with E-state index in [1.165, 1.54) is 18.7 Å². The second-order valence-corrected chi connectivity index (χ2v) is 7.54. The highest BCUT2D eigenvalue weighted by atomic mass is 16.5. The van der Waals surface area contributed by atoms with Crippen LogP contribution in [0, 0.1) is 11.3 Å². The number of aryl methyl sites for hydroxylation is 1. The molecule has 0 aliphatic rings. The number of hydrogen-bond donors (Lipinski definition) is 2. The van der Waals surface area contributed by atoms with Crippen molar-refractivity contribution >= 4 is 22.6 Å². The summed E-state index contributed by atoms with van der Waals surface area (Å²) in [5.74, 6) is 0.508. The molecular formula is C24H21N5O5. The van der Waals surface area contributed by atoms with Crippen molar-refractivity contribution in [3.63, 3.8) is 0 Å². The fourth-order valence-electron chi connectivity index (χ4n) is 3.56. The Labute approximate surface area is 193 Å². The Hall–Kier alpha value is -4.78. The Morgan fingerprint density at radius 2 is 1.82 bits per heavy atom. The molecule has 10 heteroatoms. The third kappa shape index (κ3) is 4.14. The number of nitrogens with zero attached hydrogens (tertiary/aromatic N) is 3. The number of nitriles is 1. The Kier molecular flexibility index (Phi) is 5.93. The van der Waals surface area contributed by atoms with Crippen LogP contribution in [-0.4, -0.2) is 33.7 Å². The maximum absolute atomic E-state index is 12.5. The molecule has 0 atom stereocenters.